The molecule has 150 valence electrons. The van der Waals surface area contributed by atoms with Gasteiger partial charge in [0.2, 0.25) is 0 Å². The first kappa shape index (κ1) is 17.9. The molecule has 0 fully saturated rings. The first-order valence-corrected chi connectivity index (χ1v) is 11.9. The lowest BCUT2D eigenvalue weighted by Gasteiger charge is -2.16. The second-order valence-corrected chi connectivity index (χ2v) is 9.60. The van der Waals surface area contributed by atoms with Gasteiger partial charge in [0.1, 0.15) is 0 Å². The summed E-state index contributed by atoms with van der Waals surface area (Å²) in [6.07, 6.45) is 0. The number of hydrogen-bond acceptors (Lipinski definition) is 1. The molecule has 0 radical (unpaired) electrons. The van der Waals surface area contributed by atoms with E-state index in [4.69, 9.17) is 0 Å². The first-order valence-electron chi connectivity index (χ1n) is 11.1. The summed E-state index contributed by atoms with van der Waals surface area (Å²) >= 11 is 1.90. The smallest absolute Gasteiger partial charge is 0.0361 e. The Balaban J connectivity index is 1.51. The third-order valence-corrected chi connectivity index (χ3v) is 7.89. The van der Waals surface area contributed by atoms with Gasteiger partial charge in [-0.05, 0) is 51.1 Å². The monoisotopic (exact) mass is 424 g/mol. The van der Waals surface area contributed by atoms with Crippen LogP contribution in [0.4, 0.5) is 0 Å². The number of fused-ring (bicyclic) bond motifs is 7. The summed E-state index contributed by atoms with van der Waals surface area (Å²) in [5.41, 5.74) is 9.54. The van der Waals surface area contributed by atoms with E-state index in [0.29, 0.717) is 0 Å². The van der Waals surface area contributed by atoms with Gasteiger partial charge in [-0.3, -0.25) is 0 Å². The van der Waals surface area contributed by atoms with Crippen LogP contribution in [0.25, 0.3) is 42.4 Å². The van der Waals surface area contributed by atoms with Crippen molar-refractivity contribution in [3.05, 3.63) is 132 Å². The van der Waals surface area contributed by atoms with Crippen LogP contribution in [0, 0.1) is 0 Å². The van der Waals surface area contributed by atoms with E-state index in [9.17, 15) is 0 Å². The molecule has 1 aromatic heterocycles. The summed E-state index contributed by atoms with van der Waals surface area (Å²) in [6, 6.07) is 42.3. The molecule has 32 heavy (non-hydrogen) atoms. The summed E-state index contributed by atoms with van der Waals surface area (Å²) in [4.78, 5) is 0. The van der Waals surface area contributed by atoms with E-state index < -0.39 is 0 Å². The van der Waals surface area contributed by atoms with Gasteiger partial charge in [-0.1, -0.05) is 103 Å². The predicted octanol–water partition coefficient (Wildman–Crippen LogP) is 8.88. The van der Waals surface area contributed by atoms with Crippen LogP contribution >= 0.6 is 11.3 Å². The number of thiophene rings is 1. The molecule has 5 aromatic carbocycles. The molecule has 1 aliphatic rings. The molecule has 0 nitrogen and oxygen atoms in total. The van der Waals surface area contributed by atoms with E-state index in [-0.39, 0.29) is 5.92 Å². The van der Waals surface area contributed by atoms with E-state index in [1.807, 2.05) is 11.3 Å². The summed E-state index contributed by atoms with van der Waals surface area (Å²) in [7, 11) is 0. The van der Waals surface area contributed by atoms with Crippen LogP contribution in [0.15, 0.2) is 115 Å². The van der Waals surface area contributed by atoms with Gasteiger partial charge < -0.3 is 0 Å². The molecule has 7 rings (SSSR count). The molecule has 0 spiro atoms. The van der Waals surface area contributed by atoms with Crippen LogP contribution in [-0.2, 0) is 0 Å². The van der Waals surface area contributed by atoms with Crippen molar-refractivity contribution >= 4 is 31.5 Å². The Hall–Kier alpha value is -3.68. The van der Waals surface area contributed by atoms with Crippen LogP contribution < -0.4 is 0 Å². The summed E-state index contributed by atoms with van der Waals surface area (Å²) in [5.74, 6) is 0.257. The number of benzene rings is 5. The minimum absolute atomic E-state index is 0.257. The van der Waals surface area contributed by atoms with Crippen molar-refractivity contribution in [2.45, 2.75) is 5.92 Å². The first-order chi connectivity index (χ1) is 15.9. The lowest BCUT2D eigenvalue weighted by atomic mass is 9.87. The highest BCUT2D eigenvalue weighted by molar-refractivity contribution is 7.25. The molecule has 0 amide bonds. The van der Waals surface area contributed by atoms with Crippen LogP contribution in [0.2, 0.25) is 0 Å². The number of hydrogen-bond donors (Lipinski definition) is 0. The van der Waals surface area contributed by atoms with Crippen LogP contribution in [-0.4, -0.2) is 0 Å². The highest BCUT2D eigenvalue weighted by atomic mass is 32.1. The molecule has 0 N–H and O–H groups in total. The van der Waals surface area contributed by atoms with E-state index in [2.05, 4.69) is 115 Å². The van der Waals surface area contributed by atoms with Crippen LogP contribution in [0.5, 0.6) is 0 Å². The van der Waals surface area contributed by atoms with Gasteiger partial charge in [-0.25, -0.2) is 0 Å². The van der Waals surface area contributed by atoms with Gasteiger partial charge in [-0.15, -0.1) is 11.3 Å². The fourth-order valence-electron chi connectivity index (χ4n) is 5.39. The Bertz CT molecular complexity index is 1620. The molecular weight excluding hydrogens is 404 g/mol. The molecule has 1 atom stereocenters. The Morgan fingerprint density at radius 2 is 1.31 bits per heavy atom. The Labute approximate surface area is 191 Å². The maximum atomic E-state index is 2.38. The Kier molecular flexibility index (Phi) is 3.88. The SMILES string of the molecule is c1ccc(-c2cccc(C3c4ccccc4-c4c3ccc3sc5ccccc5c43)c2)cc1. The standard InChI is InChI=1S/C31H20S/c1-2-9-20(10-3-1)21-11-8-12-22(19-21)29-23-13-4-5-14-24(23)30-26(29)17-18-28-31(30)25-15-6-7-16-27(25)32-28/h1-19,29H. The van der Waals surface area contributed by atoms with Crippen molar-refractivity contribution < 1.29 is 0 Å². The lowest BCUT2D eigenvalue weighted by Crippen LogP contribution is -1.99. The van der Waals surface area contributed by atoms with Crippen molar-refractivity contribution in [1.29, 1.82) is 0 Å². The van der Waals surface area contributed by atoms with E-state index in [1.54, 1.807) is 0 Å². The third kappa shape index (κ3) is 2.55. The molecule has 1 heteroatoms. The molecule has 1 heterocycles. The maximum Gasteiger partial charge on any atom is 0.0361 e. The van der Waals surface area contributed by atoms with Crippen LogP contribution in [0.3, 0.4) is 0 Å². The van der Waals surface area contributed by atoms with Crippen molar-refractivity contribution in [1.82, 2.24) is 0 Å². The number of rotatable bonds is 2. The molecule has 1 aliphatic carbocycles. The molecule has 0 bridgehead atoms. The normalized spacial score (nSPS) is 14.6. The zero-order chi connectivity index (χ0) is 21.1. The fourth-order valence-corrected chi connectivity index (χ4v) is 6.51. The summed E-state index contributed by atoms with van der Waals surface area (Å²) in [6.45, 7) is 0. The topological polar surface area (TPSA) is 0 Å². The van der Waals surface area contributed by atoms with Crippen molar-refractivity contribution in [2.75, 3.05) is 0 Å². The average Bonchev–Trinajstić information content (AvgIpc) is 3.40. The van der Waals surface area contributed by atoms with Gasteiger partial charge in [0.25, 0.3) is 0 Å². The fraction of sp³-hybridized carbons (Fsp3) is 0.0323. The molecule has 6 aromatic rings. The second kappa shape index (κ2) is 6.91. The van der Waals surface area contributed by atoms with Gasteiger partial charge in [0.15, 0.2) is 0 Å². The lowest BCUT2D eigenvalue weighted by molar-refractivity contribution is 1.02. The van der Waals surface area contributed by atoms with Gasteiger partial charge >= 0.3 is 0 Å². The largest absolute Gasteiger partial charge is 0.135 e. The highest BCUT2D eigenvalue weighted by Gasteiger charge is 2.32. The van der Waals surface area contributed by atoms with Gasteiger partial charge in [0, 0.05) is 26.1 Å². The summed E-state index contributed by atoms with van der Waals surface area (Å²) in [5, 5.41) is 2.79. The van der Waals surface area contributed by atoms with Crippen molar-refractivity contribution in [2.24, 2.45) is 0 Å². The zero-order valence-corrected chi connectivity index (χ0v) is 18.3. The van der Waals surface area contributed by atoms with Gasteiger partial charge in [0.05, 0.1) is 0 Å². The highest BCUT2D eigenvalue weighted by Crippen LogP contribution is 2.53. The minimum atomic E-state index is 0.257. The van der Waals surface area contributed by atoms with E-state index >= 15 is 0 Å². The zero-order valence-electron chi connectivity index (χ0n) is 17.5. The molecule has 0 aliphatic heterocycles. The summed E-state index contributed by atoms with van der Waals surface area (Å²) < 4.78 is 2.74. The van der Waals surface area contributed by atoms with Crippen molar-refractivity contribution in [3.8, 4) is 22.3 Å². The van der Waals surface area contributed by atoms with Crippen LogP contribution in [0.1, 0.15) is 22.6 Å². The quantitative estimate of drug-likeness (QED) is 0.260. The van der Waals surface area contributed by atoms with E-state index in [0.717, 1.165) is 0 Å². The molecule has 0 saturated carbocycles. The molecule has 0 saturated heterocycles. The third-order valence-electron chi connectivity index (χ3n) is 6.75. The Morgan fingerprint density at radius 1 is 0.531 bits per heavy atom. The second-order valence-electron chi connectivity index (χ2n) is 8.51. The Morgan fingerprint density at radius 3 is 2.25 bits per heavy atom. The van der Waals surface area contributed by atoms with E-state index in [1.165, 1.54) is 59.1 Å². The maximum absolute atomic E-state index is 2.38. The predicted molar refractivity (Wildman–Crippen MR) is 138 cm³/mol. The van der Waals surface area contributed by atoms with Crippen molar-refractivity contribution in [3.63, 3.8) is 0 Å². The average molecular weight is 425 g/mol. The minimum Gasteiger partial charge on any atom is -0.135 e. The molecule has 1 unspecified atom stereocenters. The van der Waals surface area contributed by atoms with Gasteiger partial charge in [-0.2, -0.15) is 0 Å². The molecular formula is C31H20S.